The van der Waals surface area contributed by atoms with Crippen LogP contribution in [0.3, 0.4) is 0 Å². The standard InChI is InChI=1S/C12H21N2O4/c1-11-13(2)4-5-14(11)10-12(15)18-9-8-17-7-6-16-3/h4-5H,6-10H2,1-3H3/q+1. The van der Waals surface area contributed by atoms with E-state index in [4.69, 9.17) is 14.2 Å². The zero-order chi connectivity index (χ0) is 13.4. The maximum Gasteiger partial charge on any atom is 0.348 e. The van der Waals surface area contributed by atoms with Gasteiger partial charge in [-0.25, -0.2) is 13.9 Å². The number of imidazole rings is 1. The predicted octanol–water partition coefficient (Wildman–Crippen LogP) is -0.173. The summed E-state index contributed by atoms with van der Waals surface area (Å²) in [5.74, 6) is 0.743. The maximum absolute atomic E-state index is 11.5. The number of ether oxygens (including phenoxy) is 3. The van der Waals surface area contributed by atoms with Crippen LogP contribution < -0.4 is 4.57 Å². The number of nitrogens with zero attached hydrogens (tertiary/aromatic N) is 2. The molecule has 0 bridgehead atoms. The van der Waals surface area contributed by atoms with Crippen LogP contribution in [0.25, 0.3) is 0 Å². The van der Waals surface area contributed by atoms with Gasteiger partial charge in [-0.15, -0.1) is 0 Å². The van der Waals surface area contributed by atoms with Crippen molar-refractivity contribution in [3.8, 4) is 0 Å². The van der Waals surface area contributed by atoms with Gasteiger partial charge in [0.15, 0.2) is 6.54 Å². The first-order valence-electron chi connectivity index (χ1n) is 5.89. The number of carbonyl (C=O) groups is 1. The molecule has 0 fully saturated rings. The summed E-state index contributed by atoms with van der Waals surface area (Å²) in [4.78, 5) is 11.5. The van der Waals surface area contributed by atoms with Gasteiger partial charge in [0.1, 0.15) is 19.0 Å². The Kier molecular flexibility index (Phi) is 6.38. The van der Waals surface area contributed by atoms with Gasteiger partial charge in [-0.1, -0.05) is 0 Å². The smallest absolute Gasteiger partial charge is 0.348 e. The number of rotatable bonds is 8. The summed E-state index contributed by atoms with van der Waals surface area (Å²) < 4.78 is 18.9. The molecule has 6 nitrogen and oxygen atoms in total. The topological polar surface area (TPSA) is 53.6 Å². The Labute approximate surface area is 107 Å². The summed E-state index contributed by atoms with van der Waals surface area (Å²) in [7, 11) is 3.55. The summed E-state index contributed by atoms with van der Waals surface area (Å²) in [5.41, 5.74) is 0. The highest BCUT2D eigenvalue weighted by Gasteiger charge is 2.13. The second-order valence-corrected chi connectivity index (χ2v) is 3.91. The van der Waals surface area contributed by atoms with E-state index in [1.54, 1.807) is 7.11 Å². The normalized spacial score (nSPS) is 10.6. The van der Waals surface area contributed by atoms with Crippen molar-refractivity contribution in [2.75, 3.05) is 33.5 Å². The Balaban J connectivity index is 2.16. The number of methoxy groups -OCH3 is 1. The fraction of sp³-hybridized carbons (Fsp3) is 0.667. The maximum atomic E-state index is 11.5. The van der Waals surface area contributed by atoms with Gasteiger partial charge < -0.3 is 14.2 Å². The van der Waals surface area contributed by atoms with Crippen LogP contribution in [-0.2, 0) is 32.6 Å². The molecular formula is C12H21N2O4+. The summed E-state index contributed by atoms with van der Waals surface area (Å²) in [6, 6.07) is 0. The first-order chi connectivity index (χ1) is 8.65. The number of aromatic nitrogens is 2. The average Bonchev–Trinajstić information content (AvgIpc) is 2.65. The van der Waals surface area contributed by atoms with E-state index in [9.17, 15) is 4.79 Å². The molecule has 18 heavy (non-hydrogen) atoms. The van der Waals surface area contributed by atoms with E-state index in [-0.39, 0.29) is 19.1 Å². The molecule has 102 valence electrons. The molecule has 0 N–H and O–H groups in total. The number of esters is 1. The Bertz CT molecular complexity index is 376. The van der Waals surface area contributed by atoms with Crippen molar-refractivity contribution in [3.63, 3.8) is 0 Å². The lowest BCUT2D eigenvalue weighted by Gasteiger charge is -2.05. The molecule has 0 aliphatic rings. The van der Waals surface area contributed by atoms with Crippen LogP contribution in [0.4, 0.5) is 0 Å². The van der Waals surface area contributed by atoms with E-state index >= 15 is 0 Å². The van der Waals surface area contributed by atoms with Gasteiger partial charge in [-0.05, 0) is 0 Å². The third kappa shape index (κ3) is 4.85. The number of aryl methyl sites for hydroxylation is 1. The van der Waals surface area contributed by atoms with E-state index in [0.717, 1.165) is 5.82 Å². The highest BCUT2D eigenvalue weighted by atomic mass is 16.6. The molecule has 0 atom stereocenters. The summed E-state index contributed by atoms with van der Waals surface area (Å²) in [6.45, 7) is 3.90. The largest absolute Gasteiger partial charge is 0.460 e. The molecule has 0 spiro atoms. The number of hydrogen-bond acceptors (Lipinski definition) is 4. The fourth-order valence-corrected chi connectivity index (χ4v) is 1.41. The molecule has 0 amide bonds. The zero-order valence-corrected chi connectivity index (χ0v) is 11.2. The van der Waals surface area contributed by atoms with Gasteiger partial charge in [-0.2, -0.15) is 0 Å². The summed E-state index contributed by atoms with van der Waals surface area (Å²) in [5, 5.41) is 0. The predicted molar refractivity (Wildman–Crippen MR) is 64.0 cm³/mol. The molecule has 6 heteroatoms. The lowest BCUT2D eigenvalue weighted by atomic mass is 10.5. The van der Waals surface area contributed by atoms with Crippen molar-refractivity contribution in [2.24, 2.45) is 7.05 Å². The van der Waals surface area contributed by atoms with Gasteiger partial charge in [0.25, 0.3) is 5.82 Å². The molecule has 0 unspecified atom stereocenters. The molecule has 1 heterocycles. The third-order valence-corrected chi connectivity index (χ3v) is 2.62. The lowest BCUT2D eigenvalue weighted by molar-refractivity contribution is -0.691. The number of hydrogen-bond donors (Lipinski definition) is 0. The van der Waals surface area contributed by atoms with Crippen LogP contribution >= 0.6 is 0 Å². The minimum atomic E-state index is -0.260. The van der Waals surface area contributed by atoms with Crippen molar-refractivity contribution >= 4 is 5.97 Å². The van der Waals surface area contributed by atoms with Gasteiger partial charge in [0, 0.05) is 14.0 Å². The molecule has 0 radical (unpaired) electrons. The monoisotopic (exact) mass is 257 g/mol. The minimum Gasteiger partial charge on any atom is -0.460 e. The van der Waals surface area contributed by atoms with Gasteiger partial charge >= 0.3 is 5.97 Å². The third-order valence-electron chi connectivity index (χ3n) is 2.62. The SMILES string of the molecule is COCCOCCOC(=O)C[n+]1ccn(C)c1C. The molecule has 1 aromatic rings. The first kappa shape index (κ1) is 14.7. The second kappa shape index (κ2) is 7.84. The molecular weight excluding hydrogens is 236 g/mol. The van der Waals surface area contributed by atoms with E-state index in [1.807, 2.05) is 35.5 Å². The average molecular weight is 257 g/mol. The van der Waals surface area contributed by atoms with Crippen LogP contribution in [0.2, 0.25) is 0 Å². The van der Waals surface area contributed by atoms with E-state index in [2.05, 4.69) is 0 Å². The van der Waals surface area contributed by atoms with Gasteiger partial charge in [0.2, 0.25) is 0 Å². The second-order valence-electron chi connectivity index (χ2n) is 3.91. The highest BCUT2D eigenvalue weighted by molar-refractivity contribution is 5.67. The summed E-state index contributed by atoms with van der Waals surface area (Å²) >= 11 is 0. The van der Waals surface area contributed by atoms with Crippen LogP contribution in [-0.4, -0.2) is 44.1 Å². The fourth-order valence-electron chi connectivity index (χ4n) is 1.41. The molecule has 0 saturated heterocycles. The quantitative estimate of drug-likeness (QED) is 0.368. The lowest BCUT2D eigenvalue weighted by Crippen LogP contribution is -2.40. The molecule has 0 aliphatic heterocycles. The van der Waals surface area contributed by atoms with Crippen LogP contribution in [0.1, 0.15) is 5.82 Å². The van der Waals surface area contributed by atoms with Crippen LogP contribution in [0, 0.1) is 6.92 Å². The van der Waals surface area contributed by atoms with Crippen molar-refractivity contribution in [1.29, 1.82) is 0 Å². The molecule has 0 saturated carbocycles. The summed E-state index contributed by atoms with van der Waals surface area (Å²) in [6.07, 6.45) is 3.75. The highest BCUT2D eigenvalue weighted by Crippen LogP contribution is 1.90. The van der Waals surface area contributed by atoms with Crippen LogP contribution in [0.15, 0.2) is 12.4 Å². The Morgan fingerprint density at radius 3 is 2.67 bits per heavy atom. The van der Waals surface area contributed by atoms with Crippen LogP contribution in [0.5, 0.6) is 0 Å². The van der Waals surface area contributed by atoms with Crippen molar-refractivity contribution in [3.05, 3.63) is 18.2 Å². The van der Waals surface area contributed by atoms with Crippen molar-refractivity contribution in [1.82, 2.24) is 4.57 Å². The minimum absolute atomic E-state index is 0.227. The van der Waals surface area contributed by atoms with Gasteiger partial charge in [0.05, 0.1) is 26.9 Å². The Morgan fingerprint density at radius 1 is 1.33 bits per heavy atom. The van der Waals surface area contributed by atoms with Crippen molar-refractivity contribution < 1.29 is 23.6 Å². The molecule has 1 aromatic heterocycles. The van der Waals surface area contributed by atoms with E-state index < -0.39 is 0 Å². The first-order valence-corrected chi connectivity index (χ1v) is 5.89. The Hall–Kier alpha value is -1.40. The van der Waals surface area contributed by atoms with E-state index in [1.165, 1.54) is 0 Å². The molecule has 0 aliphatic carbocycles. The Morgan fingerprint density at radius 2 is 2.06 bits per heavy atom. The van der Waals surface area contributed by atoms with Crippen molar-refractivity contribution in [2.45, 2.75) is 13.5 Å². The molecule has 0 aromatic carbocycles. The van der Waals surface area contributed by atoms with E-state index in [0.29, 0.717) is 19.8 Å². The number of carbonyl (C=O) groups excluding carboxylic acids is 1. The molecule has 1 rings (SSSR count). The van der Waals surface area contributed by atoms with Gasteiger partial charge in [-0.3, -0.25) is 0 Å². The zero-order valence-electron chi connectivity index (χ0n) is 11.2.